The van der Waals surface area contributed by atoms with Crippen LogP contribution in [0.25, 0.3) is 0 Å². The zero-order valence-electron chi connectivity index (χ0n) is 21.8. The first kappa shape index (κ1) is 29.5. The molecule has 1 saturated heterocycles. The quantitative estimate of drug-likeness (QED) is 0.325. The number of pyridine rings is 1. The van der Waals surface area contributed by atoms with Crippen LogP contribution in [0.3, 0.4) is 0 Å². The number of guanidine groups is 1. The lowest BCUT2D eigenvalue weighted by molar-refractivity contribution is -0.138. The molecule has 1 aliphatic heterocycles. The molecule has 0 saturated carbocycles. The van der Waals surface area contributed by atoms with Crippen molar-refractivity contribution in [3.05, 3.63) is 83.0 Å². The van der Waals surface area contributed by atoms with Gasteiger partial charge in [0.2, 0.25) is 5.88 Å². The summed E-state index contributed by atoms with van der Waals surface area (Å²) in [6.07, 6.45) is -1.82. The fourth-order valence-corrected chi connectivity index (χ4v) is 5.40. The molecule has 2 aromatic carbocycles. The van der Waals surface area contributed by atoms with Crippen molar-refractivity contribution >= 4 is 27.6 Å². The Morgan fingerprint density at radius 3 is 2.34 bits per heavy atom. The summed E-state index contributed by atoms with van der Waals surface area (Å²) >= 11 is 0. The van der Waals surface area contributed by atoms with Gasteiger partial charge in [-0.05, 0) is 54.7 Å². The molecule has 2 heterocycles. The number of amides is 2. The van der Waals surface area contributed by atoms with E-state index in [1.807, 2.05) is 0 Å². The largest absolute Gasteiger partial charge is 0.438 e. The minimum Gasteiger partial charge on any atom is -0.438 e. The number of piperidine rings is 1. The lowest BCUT2D eigenvalue weighted by Crippen LogP contribution is -2.38. The number of sulfone groups is 1. The topological polar surface area (TPSA) is 158 Å². The van der Waals surface area contributed by atoms with Crippen molar-refractivity contribution in [3.8, 4) is 11.6 Å². The zero-order chi connectivity index (χ0) is 29.9. The van der Waals surface area contributed by atoms with Gasteiger partial charge in [-0.1, -0.05) is 18.2 Å². The van der Waals surface area contributed by atoms with Crippen LogP contribution in [0.15, 0.2) is 70.7 Å². The highest BCUT2D eigenvalue weighted by Crippen LogP contribution is 2.39. The Bertz CT molecular complexity index is 1610. The van der Waals surface area contributed by atoms with E-state index in [1.165, 1.54) is 47.5 Å². The van der Waals surface area contributed by atoms with E-state index in [4.69, 9.17) is 16.2 Å². The molecule has 3 aromatic rings. The van der Waals surface area contributed by atoms with Crippen molar-refractivity contribution < 1.29 is 35.9 Å². The normalized spacial score (nSPS) is 14.4. The Balaban J connectivity index is 1.49. The number of nitrogens with two attached hydrogens (primary N) is 2. The Kier molecular flexibility index (Phi) is 8.33. The fraction of sp³-hybridized carbons (Fsp3) is 0.259. The molecule has 4 N–H and O–H groups in total. The monoisotopic (exact) mass is 589 g/mol. The molecule has 10 nitrogen and oxygen atoms in total. The van der Waals surface area contributed by atoms with E-state index in [9.17, 15) is 31.2 Å². The molecule has 0 aliphatic carbocycles. The van der Waals surface area contributed by atoms with Gasteiger partial charge < -0.3 is 21.1 Å². The lowest BCUT2D eigenvalue weighted by Gasteiger charge is -2.33. The number of para-hydroxylation sites is 1. The molecule has 216 valence electrons. The third-order valence-corrected chi connectivity index (χ3v) is 7.64. The van der Waals surface area contributed by atoms with Crippen LogP contribution in [-0.2, 0) is 16.0 Å². The summed E-state index contributed by atoms with van der Waals surface area (Å²) in [6.45, 7) is 0.371. The number of carbonyl (C=O) groups excluding carboxylic acids is 2. The predicted octanol–water partition coefficient (Wildman–Crippen LogP) is 3.73. The number of benzene rings is 2. The summed E-state index contributed by atoms with van der Waals surface area (Å²) in [4.78, 5) is 34.1. The number of ether oxygens (including phenoxy) is 1. The van der Waals surface area contributed by atoms with E-state index in [0.29, 0.717) is 0 Å². The van der Waals surface area contributed by atoms with Gasteiger partial charge in [-0.2, -0.15) is 18.2 Å². The summed E-state index contributed by atoms with van der Waals surface area (Å²) < 4.78 is 71.5. The summed E-state index contributed by atoms with van der Waals surface area (Å²) in [5.41, 5.74) is 9.33. The van der Waals surface area contributed by atoms with Crippen molar-refractivity contribution in [1.82, 2.24) is 9.88 Å². The van der Waals surface area contributed by atoms with E-state index in [1.54, 1.807) is 12.1 Å². The van der Waals surface area contributed by atoms with Crippen molar-refractivity contribution in [1.29, 1.82) is 0 Å². The highest BCUT2D eigenvalue weighted by Gasteiger charge is 2.37. The zero-order valence-corrected chi connectivity index (χ0v) is 22.6. The van der Waals surface area contributed by atoms with Gasteiger partial charge in [-0.25, -0.2) is 13.4 Å². The first-order valence-corrected chi connectivity index (χ1v) is 14.2. The SMILES string of the molecule is CS(=O)(=O)c1ccccc1Oc1cc(C(=O)N2CCC(c3ccc(C(=O)N=C(N)N)cc3C(F)(F)F)CC2)ccn1. The molecule has 0 bridgehead atoms. The van der Waals surface area contributed by atoms with Crippen molar-refractivity contribution in [2.24, 2.45) is 16.5 Å². The van der Waals surface area contributed by atoms with E-state index >= 15 is 0 Å². The van der Waals surface area contributed by atoms with Crippen molar-refractivity contribution in [2.45, 2.75) is 29.8 Å². The predicted molar refractivity (Wildman–Crippen MR) is 143 cm³/mol. The molecule has 41 heavy (non-hydrogen) atoms. The smallest absolute Gasteiger partial charge is 0.416 e. The molecule has 0 spiro atoms. The highest BCUT2D eigenvalue weighted by atomic mass is 32.2. The van der Waals surface area contributed by atoms with E-state index in [0.717, 1.165) is 12.3 Å². The molecule has 1 aliphatic rings. The lowest BCUT2D eigenvalue weighted by atomic mass is 9.85. The second kappa shape index (κ2) is 11.6. The van der Waals surface area contributed by atoms with Gasteiger partial charge >= 0.3 is 6.18 Å². The third kappa shape index (κ3) is 7.01. The van der Waals surface area contributed by atoms with Crippen LogP contribution in [0.4, 0.5) is 13.2 Å². The maximum absolute atomic E-state index is 13.9. The van der Waals surface area contributed by atoms with Crippen LogP contribution >= 0.6 is 0 Å². The van der Waals surface area contributed by atoms with Gasteiger partial charge in [0.1, 0.15) is 10.6 Å². The Labute approximate surface area is 233 Å². The van der Waals surface area contributed by atoms with Gasteiger partial charge in [-0.15, -0.1) is 0 Å². The molecular formula is C27H26F3N5O5S. The summed E-state index contributed by atoms with van der Waals surface area (Å²) in [5, 5.41) is 0. The van der Waals surface area contributed by atoms with Gasteiger partial charge in [0, 0.05) is 42.7 Å². The molecular weight excluding hydrogens is 563 g/mol. The minimum atomic E-state index is -4.72. The number of rotatable bonds is 6. The molecule has 1 aromatic heterocycles. The number of hydrogen-bond donors (Lipinski definition) is 2. The number of aromatic nitrogens is 1. The van der Waals surface area contributed by atoms with Gasteiger partial charge in [0.25, 0.3) is 11.8 Å². The number of halogens is 3. The molecule has 0 atom stereocenters. The third-order valence-electron chi connectivity index (χ3n) is 6.50. The minimum absolute atomic E-state index is 0.00650. The Hall–Kier alpha value is -4.46. The summed E-state index contributed by atoms with van der Waals surface area (Å²) in [7, 11) is -3.58. The standard InChI is InChI=1S/C27H26F3N5O5S/c1-41(38,39)22-5-3-2-4-21(22)40-23-15-18(8-11-33-23)25(37)35-12-9-16(10-13-35)19-7-6-17(24(36)34-26(31)32)14-20(19)27(28,29)30/h2-8,11,14-16H,9-10,12-13H2,1H3,(H4,31,32,34,36). The van der Waals surface area contributed by atoms with Crippen LogP contribution < -0.4 is 16.2 Å². The number of hydrogen-bond acceptors (Lipinski definition) is 6. The molecule has 0 radical (unpaired) electrons. The average molecular weight is 590 g/mol. The fourth-order valence-electron chi connectivity index (χ4n) is 4.60. The van der Waals surface area contributed by atoms with Crippen LogP contribution in [0.2, 0.25) is 0 Å². The molecule has 0 unspecified atom stereocenters. The first-order chi connectivity index (χ1) is 19.2. The number of nitrogens with zero attached hydrogens (tertiary/aromatic N) is 3. The Morgan fingerprint density at radius 1 is 1.02 bits per heavy atom. The molecule has 14 heteroatoms. The second-order valence-electron chi connectivity index (χ2n) is 9.41. The number of likely N-dealkylation sites (tertiary alicyclic amines) is 1. The molecule has 1 fully saturated rings. The maximum atomic E-state index is 13.9. The number of aliphatic imine (C=N–C) groups is 1. The van der Waals surface area contributed by atoms with Crippen molar-refractivity contribution in [3.63, 3.8) is 0 Å². The summed E-state index contributed by atoms with van der Waals surface area (Å²) in [5.74, 6) is -2.36. The van der Waals surface area contributed by atoms with Crippen molar-refractivity contribution in [2.75, 3.05) is 19.3 Å². The average Bonchev–Trinajstić information content (AvgIpc) is 2.91. The molecule has 2 amide bonds. The van der Waals surface area contributed by atoms with Crippen LogP contribution in [0.5, 0.6) is 11.6 Å². The van der Waals surface area contributed by atoms with Crippen LogP contribution in [-0.4, -0.2) is 55.4 Å². The van der Waals surface area contributed by atoms with Gasteiger partial charge in [0.05, 0.1) is 5.56 Å². The van der Waals surface area contributed by atoms with Gasteiger partial charge in [0.15, 0.2) is 15.8 Å². The van der Waals surface area contributed by atoms with E-state index in [-0.39, 0.29) is 65.1 Å². The van der Waals surface area contributed by atoms with E-state index in [2.05, 4.69) is 9.98 Å². The number of alkyl halides is 3. The maximum Gasteiger partial charge on any atom is 0.416 e. The Morgan fingerprint density at radius 2 is 1.71 bits per heavy atom. The van der Waals surface area contributed by atoms with E-state index < -0.39 is 39.4 Å². The molecule has 4 rings (SSSR count). The number of carbonyl (C=O) groups is 2. The van der Waals surface area contributed by atoms with Crippen LogP contribution in [0.1, 0.15) is 50.6 Å². The second-order valence-corrected chi connectivity index (χ2v) is 11.4. The highest BCUT2D eigenvalue weighted by molar-refractivity contribution is 7.90. The van der Waals surface area contributed by atoms with Gasteiger partial charge in [-0.3, -0.25) is 9.59 Å². The first-order valence-electron chi connectivity index (χ1n) is 12.3. The summed E-state index contributed by atoms with van der Waals surface area (Å²) in [6, 6.07) is 12.1. The van der Waals surface area contributed by atoms with Crippen LogP contribution in [0, 0.1) is 0 Å².